The molecule has 0 bridgehead atoms. The largest absolute Gasteiger partial charge is 0.469 e. The van der Waals surface area contributed by atoms with Gasteiger partial charge in [0.25, 0.3) is 0 Å². The summed E-state index contributed by atoms with van der Waals surface area (Å²) in [5.41, 5.74) is 4.14. The number of benzene rings is 3. The molecule has 0 radical (unpaired) electrons. The monoisotopic (exact) mass is 504 g/mol. The number of aryl methyl sites for hydroxylation is 2. The molecule has 3 aromatic rings. The van der Waals surface area contributed by atoms with Gasteiger partial charge in [-0.15, -0.1) is 0 Å². The van der Waals surface area contributed by atoms with E-state index in [0.717, 1.165) is 54.9 Å². The molecule has 4 rings (SSSR count). The molecule has 188 valence electrons. The SMILES string of the molecule is COC(=O)CC(CS(=O)(=O)c1ccc(CCc2cccc(NC3=NCCC3)c2)cc1)c1ccccc1. The Bertz CT molecular complexity index is 1300. The molecule has 1 N–H and O–H groups in total. The van der Waals surface area contributed by atoms with Crippen molar-refractivity contribution in [1.29, 1.82) is 0 Å². The average molecular weight is 505 g/mol. The first-order valence-corrected chi connectivity index (χ1v) is 13.9. The number of hydrogen-bond acceptors (Lipinski definition) is 6. The van der Waals surface area contributed by atoms with Crippen molar-refractivity contribution in [3.63, 3.8) is 0 Å². The topological polar surface area (TPSA) is 84.8 Å². The fourth-order valence-electron chi connectivity index (χ4n) is 4.41. The standard InChI is InChI=1S/C29H32N2O4S/c1-35-29(32)20-25(24-8-3-2-4-9-24)21-36(33,34)27-16-14-22(15-17-27)12-13-23-7-5-10-26(19-23)31-28-11-6-18-30-28/h2-5,7-10,14-17,19,25H,6,11-13,18,20-21H2,1H3,(H,30,31). The maximum Gasteiger partial charge on any atom is 0.306 e. The minimum Gasteiger partial charge on any atom is -0.469 e. The number of methoxy groups -OCH3 is 1. The van der Waals surface area contributed by atoms with E-state index in [9.17, 15) is 13.2 Å². The van der Waals surface area contributed by atoms with Gasteiger partial charge >= 0.3 is 5.97 Å². The summed E-state index contributed by atoms with van der Waals surface area (Å²) in [5.74, 6) is -0.00866. The minimum absolute atomic E-state index is 0.0130. The van der Waals surface area contributed by atoms with Crippen LogP contribution in [-0.2, 0) is 32.2 Å². The lowest BCUT2D eigenvalue weighted by Crippen LogP contribution is -2.19. The van der Waals surface area contributed by atoms with Gasteiger partial charge in [0.2, 0.25) is 0 Å². The molecule has 0 fully saturated rings. The third-order valence-corrected chi connectivity index (χ3v) is 8.24. The Morgan fingerprint density at radius 1 is 0.972 bits per heavy atom. The minimum atomic E-state index is -3.59. The lowest BCUT2D eigenvalue weighted by Gasteiger charge is -2.17. The number of nitrogens with zero attached hydrogens (tertiary/aromatic N) is 1. The highest BCUT2D eigenvalue weighted by molar-refractivity contribution is 7.91. The van der Waals surface area contributed by atoms with Gasteiger partial charge in [0.15, 0.2) is 9.84 Å². The number of amidine groups is 1. The molecule has 0 amide bonds. The summed E-state index contributed by atoms with van der Waals surface area (Å²) in [7, 11) is -2.28. The van der Waals surface area contributed by atoms with Gasteiger partial charge in [-0.3, -0.25) is 9.79 Å². The molecule has 0 spiro atoms. The number of carbonyl (C=O) groups is 1. The van der Waals surface area contributed by atoms with E-state index in [0.29, 0.717) is 0 Å². The van der Waals surface area contributed by atoms with Crippen LogP contribution in [0.15, 0.2) is 88.8 Å². The molecule has 36 heavy (non-hydrogen) atoms. The number of aliphatic imine (C=N–C) groups is 1. The number of esters is 1. The highest BCUT2D eigenvalue weighted by Crippen LogP contribution is 2.26. The second kappa shape index (κ2) is 12.0. The first-order chi connectivity index (χ1) is 17.4. The molecule has 0 aliphatic carbocycles. The number of carbonyl (C=O) groups excluding carboxylic acids is 1. The number of hydrogen-bond donors (Lipinski definition) is 1. The first kappa shape index (κ1) is 25.6. The quantitative estimate of drug-likeness (QED) is 0.384. The second-order valence-electron chi connectivity index (χ2n) is 9.07. The number of nitrogens with one attached hydrogen (secondary N) is 1. The zero-order chi connectivity index (χ0) is 25.4. The van der Waals surface area contributed by atoms with Crippen molar-refractivity contribution in [2.45, 2.75) is 42.9 Å². The molecule has 0 saturated heterocycles. The van der Waals surface area contributed by atoms with Gasteiger partial charge < -0.3 is 10.1 Å². The van der Waals surface area contributed by atoms with E-state index in [4.69, 9.17) is 4.74 Å². The van der Waals surface area contributed by atoms with Gasteiger partial charge in [-0.05, 0) is 60.2 Å². The molecule has 3 aromatic carbocycles. The second-order valence-corrected chi connectivity index (χ2v) is 11.1. The molecule has 1 aliphatic heterocycles. The lowest BCUT2D eigenvalue weighted by molar-refractivity contribution is -0.140. The number of anilines is 1. The molecule has 1 unspecified atom stereocenters. The van der Waals surface area contributed by atoms with Gasteiger partial charge in [0.1, 0.15) is 5.84 Å². The van der Waals surface area contributed by atoms with E-state index in [1.54, 1.807) is 12.1 Å². The number of rotatable bonds is 10. The highest BCUT2D eigenvalue weighted by atomic mass is 32.2. The van der Waals surface area contributed by atoms with Crippen molar-refractivity contribution in [3.8, 4) is 0 Å². The van der Waals surface area contributed by atoms with E-state index in [1.165, 1.54) is 12.7 Å². The fraction of sp³-hybridized carbons (Fsp3) is 0.310. The van der Waals surface area contributed by atoms with Crippen LogP contribution in [0.3, 0.4) is 0 Å². The Labute approximate surface area is 213 Å². The van der Waals surface area contributed by atoms with E-state index < -0.39 is 21.7 Å². The summed E-state index contributed by atoms with van der Waals surface area (Å²) < 4.78 is 31.2. The number of ether oxygens (including phenoxy) is 1. The van der Waals surface area contributed by atoms with Crippen molar-refractivity contribution in [1.82, 2.24) is 0 Å². The van der Waals surface area contributed by atoms with Gasteiger partial charge in [-0.1, -0.05) is 54.6 Å². The third kappa shape index (κ3) is 7.04. The Morgan fingerprint density at radius 2 is 1.72 bits per heavy atom. The third-order valence-electron chi connectivity index (χ3n) is 6.41. The van der Waals surface area contributed by atoms with Gasteiger partial charge in [-0.2, -0.15) is 0 Å². The predicted molar refractivity (Wildman–Crippen MR) is 143 cm³/mol. The average Bonchev–Trinajstić information content (AvgIpc) is 3.41. The summed E-state index contributed by atoms with van der Waals surface area (Å²) in [6.07, 6.45) is 3.77. The van der Waals surface area contributed by atoms with Gasteiger partial charge in [-0.25, -0.2) is 8.42 Å². The van der Waals surface area contributed by atoms with Gasteiger partial charge in [0, 0.05) is 24.6 Å². The molecule has 0 saturated carbocycles. The Hall–Kier alpha value is -3.45. The van der Waals surface area contributed by atoms with E-state index in [2.05, 4.69) is 22.4 Å². The van der Waals surface area contributed by atoms with Crippen molar-refractivity contribution >= 4 is 27.3 Å². The summed E-state index contributed by atoms with van der Waals surface area (Å²) in [5, 5.41) is 3.40. The number of sulfone groups is 1. The molecular weight excluding hydrogens is 472 g/mol. The van der Waals surface area contributed by atoms with Crippen LogP contribution in [0.5, 0.6) is 0 Å². The Balaban J connectivity index is 1.39. The van der Waals surface area contributed by atoms with Crippen LogP contribution >= 0.6 is 0 Å². The van der Waals surface area contributed by atoms with Crippen molar-refractivity contribution in [3.05, 3.63) is 95.6 Å². The Morgan fingerprint density at radius 3 is 2.42 bits per heavy atom. The zero-order valence-electron chi connectivity index (χ0n) is 20.5. The van der Waals surface area contributed by atoms with E-state index in [1.807, 2.05) is 54.6 Å². The highest BCUT2D eigenvalue weighted by Gasteiger charge is 2.25. The molecule has 1 aliphatic rings. The van der Waals surface area contributed by atoms with Crippen molar-refractivity contribution in [2.24, 2.45) is 4.99 Å². The van der Waals surface area contributed by atoms with Crippen LogP contribution < -0.4 is 5.32 Å². The normalized spacial score (nSPS) is 14.2. The van der Waals surface area contributed by atoms with Crippen LogP contribution in [0, 0.1) is 0 Å². The van der Waals surface area contributed by atoms with Crippen LogP contribution in [0.2, 0.25) is 0 Å². The van der Waals surface area contributed by atoms with Crippen LogP contribution in [0.4, 0.5) is 5.69 Å². The van der Waals surface area contributed by atoms with E-state index in [-0.39, 0.29) is 17.1 Å². The molecule has 1 heterocycles. The maximum atomic E-state index is 13.2. The summed E-state index contributed by atoms with van der Waals surface area (Å²) in [6, 6.07) is 24.7. The Kier molecular flexibility index (Phi) is 8.54. The van der Waals surface area contributed by atoms with Gasteiger partial charge in [0.05, 0.1) is 24.2 Å². The smallest absolute Gasteiger partial charge is 0.306 e. The summed E-state index contributed by atoms with van der Waals surface area (Å²) >= 11 is 0. The molecular formula is C29H32N2O4S. The maximum absolute atomic E-state index is 13.2. The fourth-order valence-corrected chi connectivity index (χ4v) is 5.99. The lowest BCUT2D eigenvalue weighted by atomic mass is 9.98. The van der Waals surface area contributed by atoms with Crippen molar-refractivity contribution < 1.29 is 17.9 Å². The van der Waals surface area contributed by atoms with Crippen LogP contribution in [0.25, 0.3) is 0 Å². The molecule has 7 heteroatoms. The molecule has 6 nitrogen and oxygen atoms in total. The predicted octanol–water partition coefficient (Wildman–Crippen LogP) is 5.20. The molecule has 1 atom stereocenters. The van der Waals surface area contributed by atoms with Crippen LogP contribution in [-0.4, -0.2) is 39.6 Å². The molecule has 0 aromatic heterocycles. The first-order valence-electron chi connectivity index (χ1n) is 12.3. The zero-order valence-corrected chi connectivity index (χ0v) is 21.3. The summed E-state index contributed by atoms with van der Waals surface area (Å²) in [4.78, 5) is 16.7. The summed E-state index contributed by atoms with van der Waals surface area (Å²) in [6.45, 7) is 0.895. The van der Waals surface area contributed by atoms with Crippen molar-refractivity contribution in [2.75, 3.05) is 24.7 Å². The van der Waals surface area contributed by atoms with Crippen LogP contribution in [0.1, 0.15) is 41.9 Å². The van der Waals surface area contributed by atoms with E-state index >= 15 is 0 Å².